The molecule has 0 spiro atoms. The Labute approximate surface area is 135 Å². The van der Waals surface area contributed by atoms with E-state index in [0.29, 0.717) is 11.3 Å². The number of halogens is 2. The SMILES string of the molecule is O=C(C[C@@]1(O)C(=O)Nc2ccccc21)c1ccc(OC(F)F)cc1. The molecule has 7 heteroatoms. The van der Waals surface area contributed by atoms with Crippen molar-refractivity contribution in [3.8, 4) is 5.75 Å². The highest BCUT2D eigenvalue weighted by atomic mass is 19.3. The Morgan fingerprint density at radius 3 is 2.50 bits per heavy atom. The van der Waals surface area contributed by atoms with E-state index in [1.54, 1.807) is 24.3 Å². The van der Waals surface area contributed by atoms with Crippen LogP contribution in [0.4, 0.5) is 14.5 Å². The number of nitrogens with one attached hydrogen (secondary N) is 1. The maximum atomic E-state index is 12.4. The van der Waals surface area contributed by atoms with E-state index in [4.69, 9.17) is 0 Å². The molecule has 24 heavy (non-hydrogen) atoms. The molecule has 2 aromatic rings. The Balaban J connectivity index is 1.81. The van der Waals surface area contributed by atoms with Gasteiger partial charge in [-0.2, -0.15) is 8.78 Å². The van der Waals surface area contributed by atoms with Gasteiger partial charge in [-0.25, -0.2) is 0 Å². The lowest BCUT2D eigenvalue weighted by atomic mass is 9.88. The number of benzene rings is 2. The third-order valence-electron chi connectivity index (χ3n) is 3.81. The van der Waals surface area contributed by atoms with Crippen LogP contribution in [0.2, 0.25) is 0 Å². The number of ketones is 1. The van der Waals surface area contributed by atoms with Crippen LogP contribution in [0.3, 0.4) is 0 Å². The smallest absolute Gasteiger partial charge is 0.387 e. The molecule has 1 aliphatic heterocycles. The molecular weight excluding hydrogens is 320 g/mol. The molecule has 1 amide bonds. The molecule has 0 radical (unpaired) electrons. The number of carbonyl (C=O) groups excluding carboxylic acids is 2. The number of para-hydroxylation sites is 1. The van der Waals surface area contributed by atoms with Crippen LogP contribution in [-0.4, -0.2) is 23.4 Å². The van der Waals surface area contributed by atoms with Gasteiger partial charge < -0.3 is 15.2 Å². The van der Waals surface area contributed by atoms with Crippen molar-refractivity contribution in [2.45, 2.75) is 18.6 Å². The summed E-state index contributed by atoms with van der Waals surface area (Å²) in [4.78, 5) is 24.4. The fraction of sp³-hybridized carbons (Fsp3) is 0.176. The van der Waals surface area contributed by atoms with Crippen molar-refractivity contribution >= 4 is 17.4 Å². The fourth-order valence-corrected chi connectivity index (χ4v) is 2.63. The van der Waals surface area contributed by atoms with Crippen molar-refractivity contribution in [1.29, 1.82) is 0 Å². The molecule has 0 aromatic heterocycles. The number of fused-ring (bicyclic) bond motifs is 1. The lowest BCUT2D eigenvalue weighted by molar-refractivity contribution is -0.133. The van der Waals surface area contributed by atoms with Gasteiger partial charge in [-0.15, -0.1) is 0 Å². The third kappa shape index (κ3) is 2.85. The van der Waals surface area contributed by atoms with Crippen LogP contribution < -0.4 is 10.1 Å². The zero-order chi connectivity index (χ0) is 17.3. The highest BCUT2D eigenvalue weighted by Gasteiger charge is 2.46. The monoisotopic (exact) mass is 333 g/mol. The van der Waals surface area contributed by atoms with Gasteiger partial charge in [0.1, 0.15) is 5.75 Å². The van der Waals surface area contributed by atoms with Crippen LogP contribution in [0.15, 0.2) is 48.5 Å². The standard InChI is InChI=1S/C17H13F2NO4/c18-16(19)24-11-7-5-10(6-8-11)14(21)9-17(23)12-3-1-2-4-13(12)20-15(17)22/h1-8,16,23H,9H2,(H,20,22)/t17-/m0/s1. The summed E-state index contributed by atoms with van der Waals surface area (Å²) in [5.41, 5.74) is -0.979. The van der Waals surface area contributed by atoms with Gasteiger partial charge >= 0.3 is 6.61 Å². The predicted octanol–water partition coefficient (Wildman–Crippen LogP) is 2.70. The van der Waals surface area contributed by atoms with Gasteiger partial charge in [0.25, 0.3) is 5.91 Å². The lowest BCUT2D eigenvalue weighted by Gasteiger charge is -2.20. The van der Waals surface area contributed by atoms with Gasteiger partial charge in [0.2, 0.25) is 0 Å². The molecule has 0 bridgehead atoms. The molecule has 0 unspecified atom stereocenters. The highest BCUT2D eigenvalue weighted by Crippen LogP contribution is 2.38. The summed E-state index contributed by atoms with van der Waals surface area (Å²) < 4.78 is 28.4. The summed E-state index contributed by atoms with van der Waals surface area (Å²) in [7, 11) is 0. The van der Waals surface area contributed by atoms with Crippen LogP contribution in [-0.2, 0) is 10.4 Å². The van der Waals surface area contributed by atoms with E-state index in [1.807, 2.05) is 0 Å². The first kappa shape index (κ1) is 16.1. The topological polar surface area (TPSA) is 75.6 Å². The van der Waals surface area contributed by atoms with E-state index in [9.17, 15) is 23.5 Å². The maximum Gasteiger partial charge on any atom is 0.387 e. The summed E-state index contributed by atoms with van der Waals surface area (Å²) in [6.45, 7) is -2.95. The Morgan fingerprint density at radius 1 is 1.17 bits per heavy atom. The number of alkyl halides is 2. The maximum absolute atomic E-state index is 12.4. The van der Waals surface area contributed by atoms with Crippen molar-refractivity contribution in [3.05, 3.63) is 59.7 Å². The van der Waals surface area contributed by atoms with E-state index in [-0.39, 0.29) is 11.3 Å². The van der Waals surface area contributed by atoms with E-state index >= 15 is 0 Å². The first-order valence-electron chi connectivity index (χ1n) is 7.11. The lowest BCUT2D eigenvalue weighted by Crippen LogP contribution is -2.36. The van der Waals surface area contributed by atoms with Gasteiger partial charge in [-0.05, 0) is 30.3 Å². The number of Topliss-reactive ketones (excluding diaryl/α,β-unsaturated/α-hetero) is 1. The Kier molecular flexibility index (Phi) is 4.02. The summed E-state index contributed by atoms with van der Waals surface area (Å²) in [6, 6.07) is 11.6. The van der Waals surface area contributed by atoms with Crippen molar-refractivity contribution in [2.75, 3.05) is 5.32 Å². The first-order chi connectivity index (χ1) is 11.4. The molecule has 1 heterocycles. The summed E-state index contributed by atoms with van der Waals surface area (Å²) >= 11 is 0. The number of anilines is 1. The second kappa shape index (κ2) is 6.01. The number of carbonyl (C=O) groups is 2. The molecule has 124 valence electrons. The second-order valence-corrected chi connectivity index (χ2v) is 5.36. The summed E-state index contributed by atoms with van der Waals surface area (Å²) in [5, 5.41) is 13.2. The van der Waals surface area contributed by atoms with Gasteiger partial charge in [-0.3, -0.25) is 9.59 Å². The van der Waals surface area contributed by atoms with Crippen LogP contribution >= 0.6 is 0 Å². The largest absolute Gasteiger partial charge is 0.435 e. The quantitative estimate of drug-likeness (QED) is 0.825. The Bertz CT molecular complexity index is 791. The molecular formula is C17H13F2NO4. The predicted molar refractivity (Wildman–Crippen MR) is 81.0 cm³/mol. The zero-order valence-electron chi connectivity index (χ0n) is 12.3. The van der Waals surface area contributed by atoms with Crippen molar-refractivity contribution in [3.63, 3.8) is 0 Å². The number of hydrogen-bond donors (Lipinski definition) is 2. The van der Waals surface area contributed by atoms with Crippen LogP contribution in [0, 0.1) is 0 Å². The molecule has 0 saturated heterocycles. The number of aliphatic hydroxyl groups is 1. The summed E-state index contributed by atoms with van der Waals surface area (Å²) in [6.07, 6.45) is -0.453. The van der Waals surface area contributed by atoms with Crippen molar-refractivity contribution < 1.29 is 28.2 Å². The molecule has 1 aliphatic rings. The van der Waals surface area contributed by atoms with Gasteiger partial charge in [0.15, 0.2) is 11.4 Å². The van der Waals surface area contributed by atoms with Gasteiger partial charge in [0, 0.05) is 16.8 Å². The molecule has 2 aromatic carbocycles. The first-order valence-corrected chi connectivity index (χ1v) is 7.11. The number of ether oxygens (including phenoxy) is 1. The minimum Gasteiger partial charge on any atom is -0.435 e. The molecule has 0 aliphatic carbocycles. The highest BCUT2D eigenvalue weighted by molar-refractivity contribution is 6.09. The minimum absolute atomic E-state index is 0.0794. The van der Waals surface area contributed by atoms with Crippen LogP contribution in [0.1, 0.15) is 22.3 Å². The number of hydrogen-bond acceptors (Lipinski definition) is 4. The molecule has 0 fully saturated rings. The average molecular weight is 333 g/mol. The second-order valence-electron chi connectivity index (χ2n) is 5.36. The van der Waals surface area contributed by atoms with E-state index in [1.165, 1.54) is 24.3 Å². The molecule has 0 saturated carbocycles. The fourth-order valence-electron chi connectivity index (χ4n) is 2.63. The Morgan fingerprint density at radius 2 is 1.83 bits per heavy atom. The van der Waals surface area contributed by atoms with Crippen LogP contribution in [0.5, 0.6) is 5.75 Å². The number of amides is 1. The zero-order valence-corrected chi connectivity index (χ0v) is 12.3. The minimum atomic E-state index is -2.95. The van der Waals surface area contributed by atoms with E-state index in [2.05, 4.69) is 10.1 Å². The van der Waals surface area contributed by atoms with Gasteiger partial charge in [0.05, 0.1) is 6.42 Å². The summed E-state index contributed by atoms with van der Waals surface area (Å²) in [5.74, 6) is -1.24. The Hall–Kier alpha value is -2.80. The normalized spacial score (nSPS) is 19.1. The molecule has 5 nitrogen and oxygen atoms in total. The van der Waals surface area contributed by atoms with E-state index < -0.39 is 30.3 Å². The third-order valence-corrected chi connectivity index (χ3v) is 3.81. The molecule has 1 atom stereocenters. The number of rotatable bonds is 5. The van der Waals surface area contributed by atoms with Crippen molar-refractivity contribution in [1.82, 2.24) is 0 Å². The molecule has 3 rings (SSSR count). The average Bonchev–Trinajstić information content (AvgIpc) is 2.79. The van der Waals surface area contributed by atoms with E-state index in [0.717, 1.165) is 0 Å². The molecule has 2 N–H and O–H groups in total. The van der Waals surface area contributed by atoms with Gasteiger partial charge in [-0.1, -0.05) is 18.2 Å². The van der Waals surface area contributed by atoms with Crippen molar-refractivity contribution in [2.24, 2.45) is 0 Å². The van der Waals surface area contributed by atoms with Crippen LogP contribution in [0.25, 0.3) is 0 Å².